The summed E-state index contributed by atoms with van der Waals surface area (Å²) in [6.45, 7) is 2.01. The lowest BCUT2D eigenvalue weighted by molar-refractivity contribution is -0.138. The third-order valence-corrected chi connectivity index (χ3v) is 7.17. The quantitative estimate of drug-likeness (QED) is 0.378. The van der Waals surface area contributed by atoms with Crippen LogP contribution in [0, 0.1) is 0 Å². The van der Waals surface area contributed by atoms with Gasteiger partial charge < -0.3 is 10.2 Å². The fourth-order valence-electron chi connectivity index (χ4n) is 4.35. The van der Waals surface area contributed by atoms with Crippen LogP contribution in [-0.2, 0) is 17.6 Å². The molecule has 1 amide bonds. The van der Waals surface area contributed by atoms with Gasteiger partial charge in [0.1, 0.15) is 22.2 Å². The second-order valence-corrected chi connectivity index (χ2v) is 9.92. The third-order valence-electron chi connectivity index (χ3n) is 6.14. The number of nitrogens with one attached hydrogen (secondary N) is 1. The molecule has 1 aliphatic rings. The van der Waals surface area contributed by atoms with Crippen LogP contribution in [0.5, 0.6) is 0 Å². The van der Waals surface area contributed by atoms with Crippen LogP contribution in [0.25, 0.3) is 27.5 Å². The van der Waals surface area contributed by atoms with Crippen molar-refractivity contribution >= 4 is 22.9 Å². The summed E-state index contributed by atoms with van der Waals surface area (Å²) in [6, 6.07) is 11.1. The Bertz CT molecular complexity index is 1360. The molecule has 0 unspecified atom stereocenters. The average Bonchev–Trinajstić information content (AvgIpc) is 3.62. The summed E-state index contributed by atoms with van der Waals surface area (Å²) in [7, 11) is 0. The zero-order chi connectivity index (χ0) is 25.1. The smallest absolute Gasteiger partial charge is 0.347 e. The van der Waals surface area contributed by atoms with Crippen molar-refractivity contribution in [2.24, 2.45) is 0 Å². The van der Waals surface area contributed by atoms with Gasteiger partial charge in [-0.05, 0) is 49.7 Å². The number of fused-ring (bicyclic) bond motifs is 1. The molecule has 5 rings (SSSR count). The number of likely N-dealkylation sites (tertiary alicyclic amines) is 1. The van der Waals surface area contributed by atoms with E-state index in [4.69, 9.17) is 0 Å². The fraction of sp³-hybridized carbons (Fsp3) is 0.360. The van der Waals surface area contributed by atoms with Crippen molar-refractivity contribution in [1.82, 2.24) is 29.8 Å². The fourth-order valence-corrected chi connectivity index (χ4v) is 5.17. The topological polar surface area (TPSA) is 75.4 Å². The van der Waals surface area contributed by atoms with E-state index in [1.807, 2.05) is 34.1 Å². The third kappa shape index (κ3) is 5.90. The van der Waals surface area contributed by atoms with Crippen molar-refractivity contribution in [3.05, 3.63) is 59.4 Å². The summed E-state index contributed by atoms with van der Waals surface area (Å²) in [5.74, 6) is -0.677. The van der Waals surface area contributed by atoms with Gasteiger partial charge in [0.05, 0.1) is 18.3 Å². The number of nitrogens with zero attached hydrogens (tertiary/aromatic N) is 5. The number of benzene rings is 1. The number of pyridine rings is 1. The van der Waals surface area contributed by atoms with Crippen molar-refractivity contribution < 1.29 is 18.0 Å². The standard InChI is InChI=1S/C25H25F3N6OS/c26-25(27,28)16-30-22(35)13-17-4-3-5-18(12-17)20-15-29-21-14-19(6-11-34(20)21)24-32-31-23(36-24)7-10-33-8-1-2-9-33/h3-6,11-12,14-15H,1-2,7-10,13,16H2,(H,30,35). The highest BCUT2D eigenvalue weighted by atomic mass is 32.1. The van der Waals surface area contributed by atoms with Gasteiger partial charge in [-0.2, -0.15) is 13.2 Å². The predicted octanol–water partition coefficient (Wildman–Crippen LogP) is 4.38. The Morgan fingerprint density at radius 3 is 2.72 bits per heavy atom. The summed E-state index contributed by atoms with van der Waals surface area (Å²) >= 11 is 1.60. The van der Waals surface area contributed by atoms with Crippen molar-refractivity contribution in [2.75, 3.05) is 26.2 Å². The van der Waals surface area contributed by atoms with Crippen LogP contribution < -0.4 is 5.32 Å². The Morgan fingerprint density at radius 1 is 1.08 bits per heavy atom. The summed E-state index contributed by atoms with van der Waals surface area (Å²) in [5, 5.41) is 12.5. The summed E-state index contributed by atoms with van der Waals surface area (Å²) in [4.78, 5) is 18.9. The summed E-state index contributed by atoms with van der Waals surface area (Å²) in [5.41, 5.74) is 3.94. The van der Waals surface area contributed by atoms with Crippen molar-refractivity contribution in [3.8, 4) is 21.8 Å². The Labute approximate surface area is 210 Å². The Hall–Kier alpha value is -3.31. The van der Waals surface area contributed by atoms with Gasteiger partial charge in [-0.1, -0.05) is 29.5 Å². The highest BCUT2D eigenvalue weighted by Gasteiger charge is 2.27. The lowest BCUT2D eigenvalue weighted by Crippen LogP contribution is -2.34. The molecule has 0 bridgehead atoms. The Balaban J connectivity index is 1.29. The van der Waals surface area contributed by atoms with Gasteiger partial charge in [0.15, 0.2) is 0 Å². The van der Waals surface area contributed by atoms with E-state index < -0.39 is 18.6 Å². The molecule has 1 fully saturated rings. The van der Waals surface area contributed by atoms with Crippen LogP contribution >= 0.6 is 11.3 Å². The minimum absolute atomic E-state index is 0.137. The molecule has 1 aromatic carbocycles. The number of hydrogen-bond donors (Lipinski definition) is 1. The van der Waals surface area contributed by atoms with Gasteiger partial charge in [-0.15, -0.1) is 10.2 Å². The lowest BCUT2D eigenvalue weighted by atomic mass is 10.1. The van der Waals surface area contributed by atoms with E-state index in [2.05, 4.69) is 20.1 Å². The first-order chi connectivity index (χ1) is 17.3. The zero-order valence-electron chi connectivity index (χ0n) is 19.5. The molecular formula is C25H25F3N6OS. The van der Waals surface area contributed by atoms with Crippen molar-refractivity contribution in [3.63, 3.8) is 0 Å². The molecule has 0 atom stereocenters. The van der Waals surface area contributed by atoms with E-state index in [1.54, 1.807) is 35.7 Å². The van der Waals surface area contributed by atoms with Gasteiger partial charge in [-0.25, -0.2) is 4.98 Å². The zero-order valence-corrected chi connectivity index (χ0v) is 20.3. The first kappa shape index (κ1) is 24.4. The van der Waals surface area contributed by atoms with Gasteiger partial charge in [0, 0.05) is 30.3 Å². The van der Waals surface area contributed by atoms with E-state index in [9.17, 15) is 18.0 Å². The van der Waals surface area contributed by atoms with Crippen LogP contribution in [-0.4, -0.2) is 62.7 Å². The van der Waals surface area contributed by atoms with Crippen LogP contribution in [0.1, 0.15) is 23.4 Å². The van der Waals surface area contributed by atoms with Gasteiger partial charge >= 0.3 is 6.18 Å². The number of aromatic nitrogens is 4. The Kier molecular flexibility index (Phi) is 7.01. The maximum absolute atomic E-state index is 12.4. The molecule has 1 aliphatic heterocycles. The largest absolute Gasteiger partial charge is 0.405 e. The number of amides is 1. The lowest BCUT2D eigenvalue weighted by Gasteiger charge is -2.12. The minimum atomic E-state index is -4.43. The molecule has 0 spiro atoms. The molecular weight excluding hydrogens is 489 g/mol. The average molecular weight is 515 g/mol. The molecule has 36 heavy (non-hydrogen) atoms. The van der Waals surface area contributed by atoms with Crippen LogP contribution in [0.2, 0.25) is 0 Å². The monoisotopic (exact) mass is 514 g/mol. The highest BCUT2D eigenvalue weighted by Crippen LogP contribution is 2.28. The van der Waals surface area contributed by atoms with Gasteiger partial charge in [0.2, 0.25) is 5.91 Å². The van der Waals surface area contributed by atoms with Crippen molar-refractivity contribution in [1.29, 1.82) is 0 Å². The number of carbonyl (C=O) groups is 1. The molecule has 1 saturated heterocycles. The number of hydrogen-bond acceptors (Lipinski definition) is 6. The van der Waals surface area contributed by atoms with Crippen LogP contribution in [0.3, 0.4) is 0 Å². The molecule has 1 N–H and O–H groups in total. The molecule has 0 radical (unpaired) electrons. The maximum Gasteiger partial charge on any atom is 0.405 e. The normalized spacial score (nSPS) is 14.5. The molecule has 7 nitrogen and oxygen atoms in total. The minimum Gasteiger partial charge on any atom is -0.347 e. The van der Waals surface area contributed by atoms with Crippen LogP contribution in [0.15, 0.2) is 48.8 Å². The summed E-state index contributed by atoms with van der Waals surface area (Å²) in [6.07, 6.45) is 2.53. The molecule has 0 saturated carbocycles. The summed E-state index contributed by atoms with van der Waals surface area (Å²) < 4.78 is 39.0. The molecule has 4 heterocycles. The number of alkyl halides is 3. The number of imidazole rings is 1. The second kappa shape index (κ2) is 10.4. The highest BCUT2D eigenvalue weighted by molar-refractivity contribution is 7.14. The molecule has 11 heteroatoms. The second-order valence-electron chi connectivity index (χ2n) is 8.86. The molecule has 188 valence electrons. The van der Waals surface area contributed by atoms with E-state index >= 15 is 0 Å². The number of rotatable bonds is 8. The van der Waals surface area contributed by atoms with Crippen LogP contribution in [0.4, 0.5) is 13.2 Å². The molecule has 0 aliphatic carbocycles. The molecule has 3 aromatic heterocycles. The Morgan fingerprint density at radius 2 is 1.92 bits per heavy atom. The predicted molar refractivity (Wildman–Crippen MR) is 132 cm³/mol. The van der Waals surface area contributed by atoms with Gasteiger partial charge in [-0.3, -0.25) is 9.20 Å². The first-order valence-electron chi connectivity index (χ1n) is 11.8. The number of halogens is 3. The van der Waals surface area contributed by atoms with E-state index in [-0.39, 0.29) is 6.42 Å². The van der Waals surface area contributed by atoms with E-state index in [0.717, 1.165) is 45.4 Å². The van der Waals surface area contributed by atoms with Gasteiger partial charge in [0.25, 0.3) is 0 Å². The van der Waals surface area contributed by atoms with E-state index in [1.165, 1.54) is 25.9 Å². The maximum atomic E-state index is 12.4. The molecule has 4 aromatic rings. The van der Waals surface area contributed by atoms with E-state index in [0.29, 0.717) is 5.56 Å². The number of carbonyl (C=O) groups excluding carboxylic acids is 1. The van der Waals surface area contributed by atoms with Crippen molar-refractivity contribution in [2.45, 2.75) is 31.9 Å². The first-order valence-corrected chi connectivity index (χ1v) is 12.6. The SMILES string of the molecule is O=C(Cc1cccc(-c2cnc3cc(-c4nnc(CCN5CCCC5)s4)ccn23)c1)NCC(F)(F)F.